The van der Waals surface area contributed by atoms with Crippen LogP contribution < -0.4 is 5.43 Å². The second kappa shape index (κ2) is 5.94. The molecule has 122 valence electrons. The van der Waals surface area contributed by atoms with Crippen molar-refractivity contribution >= 4 is 28.4 Å². The molecule has 0 N–H and O–H groups in total. The summed E-state index contributed by atoms with van der Waals surface area (Å²) in [6.45, 7) is 4.70. The van der Waals surface area contributed by atoms with Crippen LogP contribution >= 0.6 is 11.6 Å². The molecule has 0 aliphatic carbocycles. The summed E-state index contributed by atoms with van der Waals surface area (Å²) in [7, 11) is 1.71. The van der Waals surface area contributed by atoms with Gasteiger partial charge in [0.2, 0.25) is 5.43 Å². The minimum absolute atomic E-state index is 0.0681. The van der Waals surface area contributed by atoms with Crippen molar-refractivity contribution in [1.82, 2.24) is 14.7 Å². The highest BCUT2D eigenvalue weighted by atomic mass is 35.5. The van der Waals surface area contributed by atoms with Crippen LogP contribution in [0.4, 0.5) is 0 Å². The molecule has 1 aliphatic heterocycles. The fraction of sp³-hybridized carbons (Fsp3) is 0.438. The molecule has 1 amide bonds. The number of morpholine rings is 1. The number of benzene rings is 1. The number of aromatic nitrogens is 2. The zero-order valence-corrected chi connectivity index (χ0v) is 14.0. The van der Waals surface area contributed by atoms with E-state index in [4.69, 9.17) is 16.3 Å². The van der Waals surface area contributed by atoms with Crippen molar-refractivity contribution in [1.29, 1.82) is 0 Å². The van der Waals surface area contributed by atoms with Crippen LogP contribution in [-0.4, -0.2) is 45.9 Å². The first-order valence-electron chi connectivity index (χ1n) is 7.48. The monoisotopic (exact) mass is 335 g/mol. The van der Waals surface area contributed by atoms with E-state index in [-0.39, 0.29) is 23.8 Å². The molecular weight excluding hydrogens is 318 g/mol. The first-order valence-corrected chi connectivity index (χ1v) is 7.86. The third-order valence-electron chi connectivity index (χ3n) is 3.93. The largest absolute Gasteiger partial charge is 0.372 e. The fourth-order valence-corrected chi connectivity index (χ4v) is 3.15. The normalized spacial score (nSPS) is 21.7. The zero-order valence-electron chi connectivity index (χ0n) is 13.2. The molecule has 2 aromatic rings. The molecule has 23 heavy (non-hydrogen) atoms. The molecular formula is C16H18ClN3O3. The van der Waals surface area contributed by atoms with Gasteiger partial charge < -0.3 is 9.64 Å². The van der Waals surface area contributed by atoms with Gasteiger partial charge in [0.05, 0.1) is 23.1 Å². The van der Waals surface area contributed by atoms with E-state index in [1.54, 1.807) is 30.1 Å². The summed E-state index contributed by atoms with van der Waals surface area (Å²) in [6.07, 6.45) is -0.136. The molecule has 0 radical (unpaired) electrons. The molecule has 1 aliphatic rings. The average Bonchev–Trinajstić information content (AvgIpc) is 2.49. The van der Waals surface area contributed by atoms with Crippen molar-refractivity contribution < 1.29 is 9.53 Å². The van der Waals surface area contributed by atoms with Gasteiger partial charge in [0, 0.05) is 25.2 Å². The number of fused-ring (bicyclic) bond motifs is 1. The van der Waals surface area contributed by atoms with Gasteiger partial charge in [0.1, 0.15) is 0 Å². The summed E-state index contributed by atoms with van der Waals surface area (Å²) in [6, 6.07) is 4.99. The van der Waals surface area contributed by atoms with Crippen LogP contribution in [0.1, 0.15) is 24.3 Å². The lowest BCUT2D eigenvalue weighted by atomic mass is 10.1. The molecule has 2 heterocycles. The van der Waals surface area contributed by atoms with Gasteiger partial charge in [-0.2, -0.15) is 5.10 Å². The molecule has 7 heteroatoms. The Hall–Kier alpha value is -1.92. The number of amides is 1. The Balaban J connectivity index is 2.07. The van der Waals surface area contributed by atoms with Crippen molar-refractivity contribution in [2.45, 2.75) is 26.1 Å². The van der Waals surface area contributed by atoms with E-state index in [0.717, 1.165) is 0 Å². The van der Waals surface area contributed by atoms with E-state index < -0.39 is 5.43 Å². The first kappa shape index (κ1) is 16.0. The molecule has 1 saturated heterocycles. The van der Waals surface area contributed by atoms with Crippen molar-refractivity contribution in [3.8, 4) is 0 Å². The highest BCUT2D eigenvalue weighted by Gasteiger charge is 2.29. The lowest BCUT2D eigenvalue weighted by molar-refractivity contribution is -0.0588. The Morgan fingerprint density at radius 3 is 2.61 bits per heavy atom. The van der Waals surface area contributed by atoms with Crippen molar-refractivity contribution in [3.63, 3.8) is 0 Å². The van der Waals surface area contributed by atoms with E-state index in [9.17, 15) is 9.59 Å². The number of aryl methyl sites for hydroxylation is 1. The smallest absolute Gasteiger partial charge is 0.278 e. The summed E-state index contributed by atoms with van der Waals surface area (Å²) in [5.41, 5.74) is 0.167. The van der Waals surface area contributed by atoms with E-state index in [0.29, 0.717) is 29.0 Å². The van der Waals surface area contributed by atoms with Gasteiger partial charge in [-0.05, 0) is 32.0 Å². The topological polar surface area (TPSA) is 64.4 Å². The summed E-state index contributed by atoms with van der Waals surface area (Å²) in [4.78, 5) is 27.0. The molecule has 1 fully saturated rings. The molecule has 6 nitrogen and oxygen atoms in total. The first-order chi connectivity index (χ1) is 10.9. The van der Waals surface area contributed by atoms with Gasteiger partial charge >= 0.3 is 0 Å². The Labute approximate surface area is 138 Å². The summed E-state index contributed by atoms with van der Waals surface area (Å²) >= 11 is 5.98. The standard InChI is InChI=1S/C16H18ClN3O3/c1-9-7-20(8-10(2)23-9)16(22)14-15(21)12-6-11(17)4-5-13(12)19(3)18-14/h4-6,9-10H,7-8H2,1-3H3. The predicted octanol–water partition coefficient (Wildman–Crippen LogP) is 1.84. The van der Waals surface area contributed by atoms with Crippen molar-refractivity contribution in [2.24, 2.45) is 7.05 Å². The maximum Gasteiger partial charge on any atom is 0.278 e. The van der Waals surface area contributed by atoms with Crippen LogP contribution in [0, 0.1) is 0 Å². The van der Waals surface area contributed by atoms with Crippen LogP contribution in [0.3, 0.4) is 0 Å². The second-order valence-electron chi connectivity index (χ2n) is 5.93. The summed E-state index contributed by atoms with van der Waals surface area (Å²) in [5.74, 6) is -0.366. The number of hydrogen-bond acceptors (Lipinski definition) is 4. The molecule has 0 bridgehead atoms. The van der Waals surface area contributed by atoms with E-state index in [1.165, 1.54) is 4.68 Å². The van der Waals surface area contributed by atoms with Crippen LogP contribution in [0.25, 0.3) is 10.9 Å². The molecule has 2 unspecified atom stereocenters. The highest BCUT2D eigenvalue weighted by Crippen LogP contribution is 2.17. The van der Waals surface area contributed by atoms with Crippen LogP contribution in [0.5, 0.6) is 0 Å². The van der Waals surface area contributed by atoms with Crippen LogP contribution in [0.2, 0.25) is 5.02 Å². The molecule has 1 aromatic heterocycles. The third kappa shape index (κ3) is 2.96. The number of rotatable bonds is 1. The predicted molar refractivity (Wildman–Crippen MR) is 87.9 cm³/mol. The summed E-state index contributed by atoms with van der Waals surface area (Å²) < 4.78 is 7.16. The quantitative estimate of drug-likeness (QED) is 0.797. The van der Waals surface area contributed by atoms with Crippen molar-refractivity contribution in [3.05, 3.63) is 39.1 Å². The van der Waals surface area contributed by atoms with Gasteiger partial charge in [0.15, 0.2) is 5.69 Å². The maximum absolute atomic E-state index is 12.8. The van der Waals surface area contributed by atoms with Crippen LogP contribution in [-0.2, 0) is 11.8 Å². The lowest BCUT2D eigenvalue weighted by Crippen LogP contribution is -2.49. The number of nitrogens with zero attached hydrogens (tertiary/aromatic N) is 3. The minimum Gasteiger partial charge on any atom is -0.372 e. The van der Waals surface area contributed by atoms with E-state index in [2.05, 4.69) is 5.10 Å². The van der Waals surface area contributed by atoms with Gasteiger partial charge in [-0.3, -0.25) is 14.3 Å². The highest BCUT2D eigenvalue weighted by molar-refractivity contribution is 6.31. The number of hydrogen-bond donors (Lipinski definition) is 0. The van der Waals surface area contributed by atoms with Gasteiger partial charge in [-0.25, -0.2) is 0 Å². The van der Waals surface area contributed by atoms with Crippen LogP contribution in [0.15, 0.2) is 23.0 Å². The Morgan fingerprint density at radius 1 is 1.30 bits per heavy atom. The number of carbonyl (C=O) groups excluding carboxylic acids is 1. The Morgan fingerprint density at radius 2 is 1.96 bits per heavy atom. The fourth-order valence-electron chi connectivity index (χ4n) is 2.98. The second-order valence-corrected chi connectivity index (χ2v) is 6.37. The SMILES string of the molecule is CC1CN(C(=O)c2nn(C)c3ccc(Cl)cc3c2=O)CC(C)O1. The Kier molecular flexibility index (Phi) is 4.12. The van der Waals surface area contributed by atoms with Gasteiger partial charge in [0.25, 0.3) is 5.91 Å². The lowest BCUT2D eigenvalue weighted by Gasteiger charge is -2.35. The van der Waals surface area contributed by atoms with E-state index in [1.807, 2.05) is 13.8 Å². The molecule has 3 rings (SSSR count). The molecule has 1 aromatic carbocycles. The number of halogens is 1. The van der Waals surface area contributed by atoms with Gasteiger partial charge in [-0.15, -0.1) is 0 Å². The Bertz CT molecular complexity index is 823. The number of ether oxygens (including phenoxy) is 1. The van der Waals surface area contributed by atoms with Gasteiger partial charge in [-0.1, -0.05) is 11.6 Å². The number of carbonyl (C=O) groups is 1. The maximum atomic E-state index is 12.8. The summed E-state index contributed by atoms with van der Waals surface area (Å²) in [5, 5.41) is 5.03. The third-order valence-corrected chi connectivity index (χ3v) is 4.16. The average molecular weight is 336 g/mol. The minimum atomic E-state index is -0.391. The van der Waals surface area contributed by atoms with Crippen molar-refractivity contribution in [2.75, 3.05) is 13.1 Å². The molecule has 0 spiro atoms. The molecule has 0 saturated carbocycles. The zero-order chi connectivity index (χ0) is 16.7. The molecule has 2 atom stereocenters. The van der Waals surface area contributed by atoms with E-state index >= 15 is 0 Å².